The van der Waals surface area contributed by atoms with Crippen LogP contribution in [-0.2, 0) is 0 Å². The van der Waals surface area contributed by atoms with E-state index in [0.717, 1.165) is 17.0 Å². The average molecular weight is 247 g/mol. The number of aryl methyl sites for hydroxylation is 1. The van der Waals surface area contributed by atoms with Crippen molar-refractivity contribution in [2.75, 3.05) is 0 Å². The number of aromatic nitrogens is 3. The quantitative estimate of drug-likeness (QED) is 0.695. The van der Waals surface area contributed by atoms with Crippen molar-refractivity contribution in [1.82, 2.24) is 15.0 Å². The highest BCUT2D eigenvalue weighted by atomic mass is 14.9. The van der Waals surface area contributed by atoms with Crippen LogP contribution in [0.4, 0.5) is 0 Å². The maximum Gasteiger partial charge on any atom is 0.178 e. The molecule has 0 fully saturated rings. The van der Waals surface area contributed by atoms with E-state index in [9.17, 15) is 0 Å². The summed E-state index contributed by atoms with van der Waals surface area (Å²) in [6.45, 7) is 2.08. The molecule has 3 nitrogen and oxygen atoms in total. The summed E-state index contributed by atoms with van der Waals surface area (Å²) in [6.07, 6.45) is 3.53. The first-order valence-electron chi connectivity index (χ1n) is 6.15. The molecule has 0 radical (unpaired) electrons. The summed E-state index contributed by atoms with van der Waals surface area (Å²) in [5, 5.41) is 0. The van der Waals surface area contributed by atoms with Crippen LogP contribution >= 0.6 is 0 Å². The van der Waals surface area contributed by atoms with Crippen LogP contribution in [0, 0.1) is 6.92 Å². The molecule has 0 amide bonds. The molecular weight excluding hydrogens is 234 g/mol. The minimum atomic E-state index is 0.654. The lowest BCUT2D eigenvalue weighted by Crippen LogP contribution is -1.94. The Balaban J connectivity index is 2.09. The summed E-state index contributed by atoms with van der Waals surface area (Å²) in [4.78, 5) is 13.2. The third-order valence-corrected chi connectivity index (χ3v) is 2.97. The molecule has 1 aromatic carbocycles. The summed E-state index contributed by atoms with van der Waals surface area (Å²) in [5.74, 6) is 0.654. The smallest absolute Gasteiger partial charge is 0.178 e. The fraction of sp³-hybridized carbons (Fsp3) is 0.0625. The van der Waals surface area contributed by atoms with E-state index in [-0.39, 0.29) is 0 Å². The van der Waals surface area contributed by atoms with Gasteiger partial charge >= 0.3 is 0 Å². The van der Waals surface area contributed by atoms with Crippen molar-refractivity contribution in [3.63, 3.8) is 0 Å². The highest BCUT2D eigenvalue weighted by Gasteiger charge is 2.06. The van der Waals surface area contributed by atoms with Gasteiger partial charge in [0.15, 0.2) is 5.82 Å². The zero-order valence-electron chi connectivity index (χ0n) is 10.6. The maximum atomic E-state index is 4.60. The molecule has 2 heterocycles. The molecule has 3 aromatic rings. The molecule has 0 spiro atoms. The first-order valence-corrected chi connectivity index (χ1v) is 6.15. The van der Waals surface area contributed by atoms with E-state index >= 15 is 0 Å². The number of benzene rings is 1. The first-order chi connectivity index (χ1) is 9.34. The second-order valence-corrected chi connectivity index (χ2v) is 4.30. The SMILES string of the molecule is Cc1ccccc1-c1ccnc(-c2ccccn2)n1. The monoisotopic (exact) mass is 247 g/mol. The fourth-order valence-electron chi connectivity index (χ4n) is 1.99. The summed E-state index contributed by atoms with van der Waals surface area (Å²) in [6, 6.07) is 15.9. The molecule has 0 aliphatic rings. The fourth-order valence-corrected chi connectivity index (χ4v) is 1.99. The lowest BCUT2D eigenvalue weighted by atomic mass is 10.1. The molecule has 92 valence electrons. The van der Waals surface area contributed by atoms with Gasteiger partial charge < -0.3 is 0 Å². The van der Waals surface area contributed by atoms with Crippen molar-refractivity contribution < 1.29 is 0 Å². The highest BCUT2D eigenvalue weighted by molar-refractivity contribution is 5.65. The van der Waals surface area contributed by atoms with E-state index in [4.69, 9.17) is 0 Å². The zero-order chi connectivity index (χ0) is 13.1. The molecule has 3 heteroatoms. The van der Waals surface area contributed by atoms with Gasteiger partial charge in [-0.25, -0.2) is 9.97 Å². The van der Waals surface area contributed by atoms with Crippen LogP contribution in [-0.4, -0.2) is 15.0 Å². The molecule has 0 bridgehead atoms. The van der Waals surface area contributed by atoms with Crippen LogP contribution < -0.4 is 0 Å². The molecule has 0 unspecified atom stereocenters. The number of hydrogen-bond donors (Lipinski definition) is 0. The summed E-state index contributed by atoms with van der Waals surface area (Å²) in [5.41, 5.74) is 4.04. The molecule has 2 aromatic heterocycles. The number of nitrogens with zero attached hydrogens (tertiary/aromatic N) is 3. The van der Waals surface area contributed by atoms with Gasteiger partial charge in [0.25, 0.3) is 0 Å². The van der Waals surface area contributed by atoms with E-state index in [0.29, 0.717) is 5.82 Å². The van der Waals surface area contributed by atoms with Gasteiger partial charge in [-0.3, -0.25) is 4.98 Å². The van der Waals surface area contributed by atoms with E-state index < -0.39 is 0 Å². The maximum absolute atomic E-state index is 4.60. The molecular formula is C16H13N3. The predicted octanol–water partition coefficient (Wildman–Crippen LogP) is 3.51. The van der Waals surface area contributed by atoms with Gasteiger partial charge in [-0.1, -0.05) is 30.3 Å². The molecule has 0 saturated carbocycles. The molecule has 0 saturated heterocycles. The highest BCUT2D eigenvalue weighted by Crippen LogP contribution is 2.22. The van der Waals surface area contributed by atoms with E-state index in [1.165, 1.54) is 5.56 Å². The number of hydrogen-bond acceptors (Lipinski definition) is 3. The molecule has 0 atom stereocenters. The van der Waals surface area contributed by atoms with Crippen molar-refractivity contribution in [2.24, 2.45) is 0 Å². The Morgan fingerprint density at radius 1 is 0.737 bits per heavy atom. The van der Waals surface area contributed by atoms with Crippen molar-refractivity contribution in [3.05, 3.63) is 66.5 Å². The predicted molar refractivity (Wildman–Crippen MR) is 75.4 cm³/mol. The third kappa shape index (κ3) is 2.36. The molecule has 19 heavy (non-hydrogen) atoms. The van der Waals surface area contributed by atoms with Crippen LogP contribution in [0.1, 0.15) is 5.56 Å². The minimum Gasteiger partial charge on any atom is -0.253 e. The second kappa shape index (κ2) is 4.98. The third-order valence-electron chi connectivity index (χ3n) is 2.97. The van der Waals surface area contributed by atoms with Crippen molar-refractivity contribution in [3.8, 4) is 22.8 Å². The number of rotatable bonds is 2. The van der Waals surface area contributed by atoms with E-state index in [2.05, 4.69) is 34.0 Å². The lowest BCUT2D eigenvalue weighted by molar-refractivity contribution is 1.14. The molecule has 3 rings (SSSR count). The standard InChI is InChI=1S/C16H13N3/c1-12-6-2-3-7-13(12)14-9-11-18-16(19-14)15-8-4-5-10-17-15/h2-11H,1H3. The van der Waals surface area contributed by atoms with Crippen LogP contribution in [0.25, 0.3) is 22.8 Å². The zero-order valence-corrected chi connectivity index (χ0v) is 10.6. The summed E-state index contributed by atoms with van der Waals surface area (Å²) < 4.78 is 0. The van der Waals surface area contributed by atoms with Gasteiger partial charge in [-0.05, 0) is 30.7 Å². The minimum absolute atomic E-state index is 0.654. The van der Waals surface area contributed by atoms with Gasteiger partial charge in [-0.2, -0.15) is 0 Å². The van der Waals surface area contributed by atoms with Gasteiger partial charge in [0.1, 0.15) is 5.69 Å². The average Bonchev–Trinajstić information content (AvgIpc) is 2.49. The topological polar surface area (TPSA) is 38.7 Å². The number of pyridine rings is 1. The van der Waals surface area contributed by atoms with Gasteiger partial charge in [0.05, 0.1) is 5.69 Å². The normalized spacial score (nSPS) is 10.4. The first kappa shape index (κ1) is 11.5. The van der Waals surface area contributed by atoms with Crippen molar-refractivity contribution in [1.29, 1.82) is 0 Å². The summed E-state index contributed by atoms with van der Waals surface area (Å²) >= 11 is 0. The van der Waals surface area contributed by atoms with Crippen molar-refractivity contribution in [2.45, 2.75) is 6.92 Å². The molecule has 0 aliphatic heterocycles. The van der Waals surface area contributed by atoms with Crippen LogP contribution in [0.2, 0.25) is 0 Å². The lowest BCUT2D eigenvalue weighted by Gasteiger charge is -2.06. The molecule has 0 N–H and O–H groups in total. The van der Waals surface area contributed by atoms with Gasteiger partial charge in [0.2, 0.25) is 0 Å². The van der Waals surface area contributed by atoms with Crippen molar-refractivity contribution >= 4 is 0 Å². The largest absolute Gasteiger partial charge is 0.253 e. The van der Waals surface area contributed by atoms with Crippen LogP contribution in [0.3, 0.4) is 0 Å². The summed E-state index contributed by atoms with van der Waals surface area (Å²) in [7, 11) is 0. The molecule has 0 aliphatic carbocycles. The Labute approximate surface area is 112 Å². The Hall–Kier alpha value is -2.55. The Morgan fingerprint density at radius 2 is 1.58 bits per heavy atom. The van der Waals surface area contributed by atoms with Gasteiger partial charge in [-0.15, -0.1) is 0 Å². The second-order valence-electron chi connectivity index (χ2n) is 4.30. The van der Waals surface area contributed by atoms with Crippen LogP contribution in [0.5, 0.6) is 0 Å². The Kier molecular flexibility index (Phi) is 3.02. The Morgan fingerprint density at radius 3 is 2.37 bits per heavy atom. The van der Waals surface area contributed by atoms with Crippen LogP contribution in [0.15, 0.2) is 60.9 Å². The Bertz CT molecular complexity index is 693. The van der Waals surface area contributed by atoms with E-state index in [1.807, 2.05) is 36.4 Å². The van der Waals surface area contributed by atoms with E-state index in [1.54, 1.807) is 12.4 Å². The van der Waals surface area contributed by atoms with Gasteiger partial charge in [0, 0.05) is 18.0 Å².